The third-order valence-corrected chi connectivity index (χ3v) is 4.54. The molecule has 1 unspecified atom stereocenters. The first-order valence-electron chi connectivity index (χ1n) is 7.23. The Hall–Kier alpha value is -1.04. The fourth-order valence-electron chi connectivity index (χ4n) is 1.87. The van der Waals surface area contributed by atoms with Crippen LogP contribution in [0.5, 0.6) is 0 Å². The van der Waals surface area contributed by atoms with E-state index < -0.39 is 46.2 Å². The SMILES string of the molecule is CC(C)C(C)CCCC(=O)OC(CS(=O)(=O)O)(C(F)(F)F)C(F)(F)F. The lowest BCUT2D eigenvalue weighted by Gasteiger charge is -2.35. The summed E-state index contributed by atoms with van der Waals surface area (Å²) in [5.41, 5.74) is -5.33. The Bertz CT molecular complexity index is 538. The van der Waals surface area contributed by atoms with E-state index in [0.717, 1.165) is 0 Å². The first kappa shape index (κ1) is 24.0. The molecule has 5 nitrogen and oxygen atoms in total. The number of rotatable bonds is 8. The zero-order valence-corrected chi connectivity index (χ0v) is 14.6. The molecule has 0 aliphatic carbocycles. The van der Waals surface area contributed by atoms with E-state index in [0.29, 0.717) is 6.42 Å². The highest BCUT2D eigenvalue weighted by Gasteiger charge is 2.75. The predicted molar refractivity (Wildman–Crippen MR) is 75.2 cm³/mol. The molecule has 1 atom stereocenters. The van der Waals surface area contributed by atoms with Gasteiger partial charge >= 0.3 is 23.9 Å². The Kier molecular flexibility index (Phi) is 7.77. The monoisotopic (exact) mass is 402 g/mol. The van der Waals surface area contributed by atoms with Crippen molar-refractivity contribution in [3.8, 4) is 0 Å². The number of halogens is 6. The fraction of sp³-hybridized carbons (Fsp3) is 0.923. The summed E-state index contributed by atoms with van der Waals surface area (Å²) in [6.07, 6.45) is -13.0. The van der Waals surface area contributed by atoms with Gasteiger partial charge in [-0.25, -0.2) is 0 Å². The zero-order valence-electron chi connectivity index (χ0n) is 13.7. The standard InChI is InChI=1S/C13H20F6O5S/c1-8(2)9(3)5-4-6-10(20)24-11(12(14,15)16,13(17,18)19)7-25(21,22)23/h8-9H,4-7H2,1-3H3,(H,21,22,23). The molecule has 0 rings (SSSR count). The first-order chi connectivity index (χ1) is 10.9. The summed E-state index contributed by atoms with van der Waals surface area (Å²) in [7, 11) is -5.76. The van der Waals surface area contributed by atoms with Gasteiger partial charge in [0.15, 0.2) is 0 Å². The third kappa shape index (κ3) is 7.00. The Balaban J connectivity index is 5.41. The molecular weight excluding hydrogens is 382 g/mol. The molecule has 0 aliphatic heterocycles. The number of ether oxygens (including phenoxy) is 1. The topological polar surface area (TPSA) is 80.7 Å². The number of carbonyl (C=O) groups excluding carboxylic acids is 1. The molecule has 0 heterocycles. The van der Waals surface area contributed by atoms with Crippen LogP contribution < -0.4 is 0 Å². The minimum atomic E-state index is -6.29. The van der Waals surface area contributed by atoms with Crippen molar-refractivity contribution in [2.75, 3.05) is 5.75 Å². The molecule has 0 spiro atoms. The van der Waals surface area contributed by atoms with Crippen LogP contribution in [0.15, 0.2) is 0 Å². The molecule has 0 saturated carbocycles. The Morgan fingerprint density at radius 3 is 1.80 bits per heavy atom. The van der Waals surface area contributed by atoms with Gasteiger partial charge in [-0.05, 0) is 24.7 Å². The van der Waals surface area contributed by atoms with Crippen molar-refractivity contribution in [3.05, 3.63) is 0 Å². The highest BCUT2D eigenvalue weighted by atomic mass is 32.2. The fourth-order valence-corrected chi connectivity index (χ4v) is 2.77. The summed E-state index contributed by atoms with van der Waals surface area (Å²) in [6.45, 7) is 5.50. The van der Waals surface area contributed by atoms with E-state index in [2.05, 4.69) is 4.74 Å². The van der Waals surface area contributed by atoms with Crippen LogP contribution in [0.4, 0.5) is 26.3 Å². The molecule has 0 saturated heterocycles. The number of hydrogen-bond donors (Lipinski definition) is 1. The second kappa shape index (κ2) is 8.11. The molecule has 25 heavy (non-hydrogen) atoms. The van der Waals surface area contributed by atoms with Crippen molar-refractivity contribution in [2.45, 2.75) is 58.0 Å². The minimum Gasteiger partial charge on any atom is -0.438 e. The molecule has 0 aromatic heterocycles. The molecule has 150 valence electrons. The summed E-state index contributed by atoms with van der Waals surface area (Å²) in [6, 6.07) is 0. The van der Waals surface area contributed by atoms with Crippen molar-refractivity contribution in [3.63, 3.8) is 0 Å². The molecule has 0 amide bonds. The Morgan fingerprint density at radius 2 is 1.48 bits per heavy atom. The van der Waals surface area contributed by atoms with E-state index in [1.54, 1.807) is 6.92 Å². The van der Waals surface area contributed by atoms with Crippen molar-refractivity contribution in [1.29, 1.82) is 0 Å². The number of esters is 1. The molecule has 12 heteroatoms. The smallest absolute Gasteiger partial charge is 0.438 e. The Labute approximate surface area is 141 Å². The van der Waals surface area contributed by atoms with Crippen molar-refractivity contribution in [2.24, 2.45) is 11.8 Å². The van der Waals surface area contributed by atoms with Crippen LogP contribution in [-0.2, 0) is 19.6 Å². The Morgan fingerprint density at radius 1 is 1.04 bits per heavy atom. The van der Waals surface area contributed by atoms with Gasteiger partial charge in [-0.1, -0.05) is 20.8 Å². The van der Waals surface area contributed by atoms with Gasteiger partial charge in [-0.15, -0.1) is 0 Å². The summed E-state index contributed by atoms with van der Waals surface area (Å²) < 4.78 is 111. The van der Waals surface area contributed by atoms with Crippen molar-refractivity contribution >= 4 is 16.1 Å². The normalized spacial score (nSPS) is 15.3. The van der Waals surface area contributed by atoms with Gasteiger partial charge in [0, 0.05) is 6.42 Å². The second-order valence-corrected chi connectivity index (χ2v) is 7.59. The maximum atomic E-state index is 12.9. The van der Waals surface area contributed by atoms with Crippen LogP contribution in [0.1, 0.15) is 40.0 Å². The van der Waals surface area contributed by atoms with E-state index in [1.807, 2.05) is 13.8 Å². The van der Waals surface area contributed by atoms with E-state index in [1.165, 1.54) is 0 Å². The third-order valence-electron chi connectivity index (χ3n) is 3.77. The summed E-state index contributed by atoms with van der Waals surface area (Å²) in [5, 5.41) is 0. The van der Waals surface area contributed by atoms with Crippen molar-refractivity contribution in [1.82, 2.24) is 0 Å². The molecule has 0 bridgehead atoms. The molecule has 0 aromatic rings. The lowest BCUT2D eigenvalue weighted by atomic mass is 9.93. The van der Waals surface area contributed by atoms with Gasteiger partial charge in [0.25, 0.3) is 10.1 Å². The van der Waals surface area contributed by atoms with Crippen LogP contribution in [0.25, 0.3) is 0 Å². The van der Waals surface area contributed by atoms with Crippen LogP contribution in [0.3, 0.4) is 0 Å². The second-order valence-electron chi connectivity index (χ2n) is 6.14. The first-order valence-corrected chi connectivity index (χ1v) is 8.84. The molecular formula is C13H20F6O5S. The van der Waals surface area contributed by atoms with Gasteiger partial charge in [0.1, 0.15) is 5.75 Å². The maximum absolute atomic E-state index is 12.9. The quantitative estimate of drug-likeness (QED) is 0.380. The molecule has 0 radical (unpaired) electrons. The number of carbonyl (C=O) groups is 1. The highest BCUT2D eigenvalue weighted by Crippen LogP contribution is 2.47. The predicted octanol–water partition coefficient (Wildman–Crippen LogP) is 3.74. The van der Waals surface area contributed by atoms with E-state index in [9.17, 15) is 39.6 Å². The lowest BCUT2D eigenvalue weighted by Crippen LogP contribution is -2.63. The lowest BCUT2D eigenvalue weighted by molar-refractivity contribution is -0.361. The summed E-state index contributed by atoms with van der Waals surface area (Å²) >= 11 is 0. The molecule has 0 fully saturated rings. The largest absolute Gasteiger partial charge is 0.438 e. The minimum absolute atomic E-state index is 0.0319. The van der Waals surface area contributed by atoms with Crippen LogP contribution in [-0.4, -0.2) is 42.6 Å². The number of alkyl halides is 6. The average molecular weight is 402 g/mol. The molecule has 1 N–H and O–H groups in total. The van der Waals surface area contributed by atoms with E-state index >= 15 is 0 Å². The van der Waals surface area contributed by atoms with Crippen LogP contribution >= 0.6 is 0 Å². The maximum Gasteiger partial charge on any atom is 0.438 e. The van der Waals surface area contributed by atoms with Crippen LogP contribution in [0.2, 0.25) is 0 Å². The zero-order chi connectivity index (χ0) is 20.3. The van der Waals surface area contributed by atoms with E-state index in [-0.39, 0.29) is 18.3 Å². The van der Waals surface area contributed by atoms with Crippen molar-refractivity contribution < 1.29 is 48.8 Å². The molecule has 0 aromatic carbocycles. The van der Waals surface area contributed by atoms with E-state index in [4.69, 9.17) is 4.55 Å². The van der Waals surface area contributed by atoms with Gasteiger partial charge in [-0.2, -0.15) is 34.8 Å². The van der Waals surface area contributed by atoms with Gasteiger partial charge in [-0.3, -0.25) is 9.35 Å². The van der Waals surface area contributed by atoms with Gasteiger partial charge in [0.05, 0.1) is 0 Å². The number of hydrogen-bond acceptors (Lipinski definition) is 4. The summed E-state index contributed by atoms with van der Waals surface area (Å²) in [4.78, 5) is 11.5. The van der Waals surface area contributed by atoms with Gasteiger partial charge < -0.3 is 4.74 Å². The van der Waals surface area contributed by atoms with Gasteiger partial charge in [0.2, 0.25) is 0 Å². The molecule has 0 aliphatic rings. The average Bonchev–Trinajstić information content (AvgIpc) is 2.33. The summed E-state index contributed by atoms with van der Waals surface area (Å²) in [5.74, 6) is -4.45. The van der Waals surface area contributed by atoms with Crippen LogP contribution in [0, 0.1) is 11.8 Å². The highest BCUT2D eigenvalue weighted by molar-refractivity contribution is 7.85.